The molecule has 1 aliphatic heterocycles. The van der Waals surface area contributed by atoms with Gasteiger partial charge in [-0.15, -0.1) is 11.3 Å². The van der Waals surface area contributed by atoms with Crippen LogP contribution >= 0.6 is 38.9 Å². The topological polar surface area (TPSA) is 35.2 Å². The van der Waals surface area contributed by atoms with Crippen LogP contribution in [0.15, 0.2) is 34.1 Å². The molecule has 2 atom stereocenters. The van der Waals surface area contributed by atoms with Gasteiger partial charge in [-0.3, -0.25) is 0 Å². The first-order valence-corrected chi connectivity index (χ1v) is 7.59. The van der Waals surface area contributed by atoms with Gasteiger partial charge in [0.05, 0.1) is 3.79 Å². The van der Waals surface area contributed by atoms with Crippen molar-refractivity contribution in [3.63, 3.8) is 0 Å². The highest BCUT2D eigenvalue weighted by Gasteiger charge is 2.28. The van der Waals surface area contributed by atoms with Crippen molar-refractivity contribution < 1.29 is 4.74 Å². The monoisotopic (exact) mass is 343 g/mol. The summed E-state index contributed by atoms with van der Waals surface area (Å²) in [4.78, 5) is 1.19. The Morgan fingerprint density at radius 2 is 2.17 bits per heavy atom. The Morgan fingerprint density at radius 1 is 1.33 bits per heavy atom. The van der Waals surface area contributed by atoms with Crippen LogP contribution in [0.1, 0.15) is 29.0 Å². The molecule has 0 radical (unpaired) electrons. The van der Waals surface area contributed by atoms with E-state index in [1.165, 1.54) is 4.88 Å². The normalized spacial score (nSPS) is 22.4. The molecule has 2 aromatic rings. The van der Waals surface area contributed by atoms with Crippen LogP contribution in [-0.4, -0.2) is 0 Å². The summed E-state index contributed by atoms with van der Waals surface area (Å²) in [6.07, 6.45) is 0.810. The average molecular weight is 345 g/mol. The fourth-order valence-electron chi connectivity index (χ4n) is 2.15. The first-order valence-electron chi connectivity index (χ1n) is 5.60. The lowest BCUT2D eigenvalue weighted by Gasteiger charge is -2.29. The Labute approximate surface area is 123 Å². The molecular weight excluding hydrogens is 334 g/mol. The van der Waals surface area contributed by atoms with Crippen LogP contribution in [0.4, 0.5) is 0 Å². The number of hydrogen-bond acceptors (Lipinski definition) is 3. The average Bonchev–Trinajstić information content (AvgIpc) is 2.77. The lowest BCUT2D eigenvalue weighted by atomic mass is 9.97. The lowest BCUT2D eigenvalue weighted by molar-refractivity contribution is 0.165. The highest BCUT2D eigenvalue weighted by Crippen LogP contribution is 2.42. The third kappa shape index (κ3) is 2.30. The largest absolute Gasteiger partial charge is 0.484 e. The van der Waals surface area contributed by atoms with Gasteiger partial charge in [0.25, 0.3) is 0 Å². The second-order valence-corrected chi connectivity index (χ2v) is 7.20. The van der Waals surface area contributed by atoms with Gasteiger partial charge in [0, 0.05) is 27.9 Å². The van der Waals surface area contributed by atoms with Gasteiger partial charge in [-0.1, -0.05) is 11.6 Å². The van der Waals surface area contributed by atoms with E-state index >= 15 is 0 Å². The van der Waals surface area contributed by atoms with Gasteiger partial charge in [0.2, 0.25) is 0 Å². The van der Waals surface area contributed by atoms with Crippen molar-refractivity contribution in [2.45, 2.75) is 18.6 Å². The van der Waals surface area contributed by atoms with Gasteiger partial charge in [0.15, 0.2) is 0 Å². The maximum Gasteiger partial charge on any atom is 0.135 e. The molecule has 18 heavy (non-hydrogen) atoms. The van der Waals surface area contributed by atoms with Crippen LogP contribution in [0.2, 0.25) is 5.02 Å². The molecule has 2 heterocycles. The van der Waals surface area contributed by atoms with Gasteiger partial charge in [-0.05, 0) is 46.3 Å². The van der Waals surface area contributed by atoms with Crippen molar-refractivity contribution in [2.24, 2.45) is 5.73 Å². The Hall–Kier alpha value is -0.550. The van der Waals surface area contributed by atoms with E-state index in [1.807, 2.05) is 24.3 Å². The molecule has 0 fully saturated rings. The van der Waals surface area contributed by atoms with E-state index in [2.05, 4.69) is 22.0 Å². The fourth-order valence-corrected chi connectivity index (χ4v) is 3.80. The molecule has 0 spiro atoms. The smallest absolute Gasteiger partial charge is 0.135 e. The van der Waals surface area contributed by atoms with E-state index in [9.17, 15) is 0 Å². The molecule has 0 saturated heterocycles. The maximum absolute atomic E-state index is 6.20. The third-order valence-electron chi connectivity index (χ3n) is 3.02. The molecule has 5 heteroatoms. The number of halogens is 2. The van der Waals surface area contributed by atoms with Gasteiger partial charge in [-0.2, -0.15) is 0 Å². The number of ether oxygens (including phenoxy) is 1. The van der Waals surface area contributed by atoms with E-state index in [0.717, 1.165) is 21.5 Å². The Balaban J connectivity index is 1.94. The third-order valence-corrected chi connectivity index (χ3v) is 4.97. The van der Waals surface area contributed by atoms with Crippen molar-refractivity contribution in [2.75, 3.05) is 0 Å². The van der Waals surface area contributed by atoms with Crippen molar-refractivity contribution in [1.29, 1.82) is 0 Å². The molecule has 0 amide bonds. The summed E-state index contributed by atoms with van der Waals surface area (Å²) >= 11 is 11.1. The predicted octanol–water partition coefficient (Wildman–Crippen LogP) is 4.69. The zero-order valence-corrected chi connectivity index (χ0v) is 12.6. The molecule has 3 rings (SSSR count). The van der Waals surface area contributed by atoms with Crippen LogP contribution in [0, 0.1) is 0 Å². The van der Waals surface area contributed by atoms with Gasteiger partial charge in [0.1, 0.15) is 11.9 Å². The van der Waals surface area contributed by atoms with Gasteiger partial charge in [-0.25, -0.2) is 0 Å². The highest BCUT2D eigenvalue weighted by molar-refractivity contribution is 9.11. The van der Waals surface area contributed by atoms with E-state index in [0.29, 0.717) is 5.02 Å². The quantitative estimate of drug-likeness (QED) is 0.814. The SMILES string of the molecule is NC1CC(c2ccc(Br)s2)Oc2ccc(Cl)cc21. The van der Waals surface area contributed by atoms with Crippen LogP contribution in [-0.2, 0) is 0 Å². The molecule has 0 bridgehead atoms. The first kappa shape index (κ1) is 12.5. The number of nitrogens with two attached hydrogens (primary N) is 1. The van der Waals surface area contributed by atoms with E-state index in [1.54, 1.807) is 11.3 Å². The van der Waals surface area contributed by atoms with E-state index in [4.69, 9.17) is 22.1 Å². The number of rotatable bonds is 1. The standard InChI is InChI=1S/C13H11BrClNOS/c14-13-4-3-12(18-13)11-6-9(16)8-5-7(15)1-2-10(8)17-11/h1-5,9,11H,6,16H2. The number of thiophene rings is 1. The molecule has 2 unspecified atom stereocenters. The summed E-state index contributed by atoms with van der Waals surface area (Å²) in [5.41, 5.74) is 7.20. The van der Waals surface area contributed by atoms with E-state index in [-0.39, 0.29) is 12.1 Å². The molecule has 1 aromatic carbocycles. The molecule has 94 valence electrons. The second-order valence-electron chi connectivity index (χ2n) is 4.27. The highest BCUT2D eigenvalue weighted by atomic mass is 79.9. The molecule has 1 aromatic heterocycles. The Bertz CT molecular complexity index is 586. The van der Waals surface area contributed by atoms with Crippen molar-refractivity contribution in [1.82, 2.24) is 0 Å². The molecule has 2 nitrogen and oxygen atoms in total. The molecule has 2 N–H and O–H groups in total. The summed E-state index contributed by atoms with van der Waals surface area (Å²) < 4.78 is 7.12. The summed E-state index contributed by atoms with van der Waals surface area (Å²) in [6.45, 7) is 0. The van der Waals surface area contributed by atoms with Crippen molar-refractivity contribution in [3.8, 4) is 5.75 Å². The minimum Gasteiger partial charge on any atom is -0.484 e. The zero-order valence-electron chi connectivity index (χ0n) is 9.40. The molecule has 0 aliphatic carbocycles. The molecular formula is C13H11BrClNOS. The van der Waals surface area contributed by atoms with Crippen LogP contribution in [0.25, 0.3) is 0 Å². The maximum atomic E-state index is 6.20. The van der Waals surface area contributed by atoms with E-state index < -0.39 is 0 Å². The van der Waals surface area contributed by atoms with Crippen LogP contribution < -0.4 is 10.5 Å². The van der Waals surface area contributed by atoms with Gasteiger partial charge >= 0.3 is 0 Å². The minimum atomic E-state index is -0.0293. The van der Waals surface area contributed by atoms with Crippen molar-refractivity contribution in [3.05, 3.63) is 49.6 Å². The van der Waals surface area contributed by atoms with Gasteiger partial charge < -0.3 is 10.5 Å². The Morgan fingerprint density at radius 3 is 2.89 bits per heavy atom. The molecule has 1 aliphatic rings. The molecule has 0 saturated carbocycles. The first-order chi connectivity index (χ1) is 8.63. The number of hydrogen-bond donors (Lipinski definition) is 1. The summed E-state index contributed by atoms with van der Waals surface area (Å²) in [5.74, 6) is 0.840. The number of fused-ring (bicyclic) bond motifs is 1. The van der Waals surface area contributed by atoms with Crippen LogP contribution in [0.5, 0.6) is 5.75 Å². The fraction of sp³-hybridized carbons (Fsp3) is 0.231. The van der Waals surface area contributed by atoms with Crippen molar-refractivity contribution >= 4 is 38.9 Å². The summed E-state index contributed by atoms with van der Waals surface area (Å²) in [7, 11) is 0. The second kappa shape index (κ2) is 4.85. The summed E-state index contributed by atoms with van der Waals surface area (Å²) in [5, 5.41) is 0.699. The number of benzene rings is 1. The lowest BCUT2D eigenvalue weighted by Crippen LogP contribution is -2.23. The summed E-state index contributed by atoms with van der Waals surface area (Å²) in [6, 6.07) is 9.70. The minimum absolute atomic E-state index is 0.0293. The predicted molar refractivity (Wildman–Crippen MR) is 78.4 cm³/mol. The van der Waals surface area contributed by atoms with Crippen LogP contribution in [0.3, 0.4) is 0 Å². The zero-order chi connectivity index (χ0) is 12.7. The Kier molecular flexibility index (Phi) is 3.36.